The molecule has 158 valence electrons. The van der Waals surface area contributed by atoms with E-state index in [1.54, 1.807) is 23.5 Å². The summed E-state index contributed by atoms with van der Waals surface area (Å²) in [6.45, 7) is 2.01. The van der Waals surface area contributed by atoms with Gasteiger partial charge in [-0.3, -0.25) is 0 Å². The molecule has 0 radical (unpaired) electrons. The minimum Gasteiger partial charge on any atom is -0.394 e. The van der Waals surface area contributed by atoms with Crippen molar-refractivity contribution in [3.63, 3.8) is 0 Å². The second kappa shape index (κ2) is 9.44. The van der Waals surface area contributed by atoms with Crippen molar-refractivity contribution >= 4 is 33.9 Å². The smallest absolute Gasteiger partial charge is 0.123 e. The molecule has 0 bridgehead atoms. The number of benzene rings is 2. The second-order valence-corrected chi connectivity index (χ2v) is 10.4. The van der Waals surface area contributed by atoms with E-state index >= 15 is 0 Å². The molecule has 3 aromatic rings. The SMILES string of the molecule is Cc1ccc(C2OC(CO)CC(O)C2I)cc1Cc1ccc(-c2ccc(F)cc2)s1. The minimum absolute atomic E-state index is 0.0622. The first kappa shape index (κ1) is 21.9. The molecular formula is C24H24FIO3S. The molecule has 1 aromatic heterocycles. The first-order chi connectivity index (χ1) is 14.4. The largest absolute Gasteiger partial charge is 0.394 e. The summed E-state index contributed by atoms with van der Waals surface area (Å²) in [6.07, 6.45) is 0.179. The molecule has 0 spiro atoms. The van der Waals surface area contributed by atoms with Crippen LogP contribution in [0, 0.1) is 12.7 Å². The fourth-order valence-electron chi connectivity index (χ4n) is 3.81. The number of aliphatic hydroxyl groups is 2. The average molecular weight is 538 g/mol. The van der Waals surface area contributed by atoms with Crippen LogP contribution in [0.5, 0.6) is 0 Å². The van der Waals surface area contributed by atoms with Gasteiger partial charge < -0.3 is 14.9 Å². The van der Waals surface area contributed by atoms with Gasteiger partial charge >= 0.3 is 0 Å². The van der Waals surface area contributed by atoms with E-state index in [2.05, 4.69) is 59.8 Å². The molecule has 2 heterocycles. The molecule has 2 aromatic carbocycles. The molecule has 3 nitrogen and oxygen atoms in total. The molecule has 2 N–H and O–H groups in total. The number of rotatable bonds is 5. The minimum atomic E-state index is -0.498. The molecule has 4 rings (SSSR count). The third-order valence-corrected chi connectivity index (χ3v) is 8.18. The van der Waals surface area contributed by atoms with Gasteiger partial charge in [-0.2, -0.15) is 0 Å². The van der Waals surface area contributed by atoms with Gasteiger partial charge in [0, 0.05) is 22.6 Å². The van der Waals surface area contributed by atoms with Gasteiger partial charge in [0.2, 0.25) is 0 Å². The first-order valence-electron chi connectivity index (χ1n) is 9.97. The Morgan fingerprint density at radius 3 is 2.63 bits per heavy atom. The Morgan fingerprint density at radius 2 is 1.90 bits per heavy atom. The predicted octanol–water partition coefficient (Wildman–Crippen LogP) is 5.44. The zero-order chi connectivity index (χ0) is 21.3. The highest BCUT2D eigenvalue weighted by Crippen LogP contribution is 2.38. The normalized spacial score (nSPS) is 24.2. The Kier molecular flexibility index (Phi) is 6.89. The predicted molar refractivity (Wildman–Crippen MR) is 127 cm³/mol. The molecule has 1 aliphatic rings. The van der Waals surface area contributed by atoms with Crippen molar-refractivity contribution in [2.75, 3.05) is 6.61 Å². The van der Waals surface area contributed by atoms with Crippen molar-refractivity contribution in [2.45, 2.75) is 42.0 Å². The number of halogens is 2. The fourth-order valence-corrected chi connectivity index (χ4v) is 5.72. The average Bonchev–Trinajstić information content (AvgIpc) is 3.20. The van der Waals surface area contributed by atoms with Gasteiger partial charge in [-0.25, -0.2) is 4.39 Å². The Bertz CT molecular complexity index is 1000. The van der Waals surface area contributed by atoms with Crippen molar-refractivity contribution in [3.05, 3.63) is 82.0 Å². The molecule has 1 fully saturated rings. The fraction of sp³-hybridized carbons (Fsp3) is 0.333. The molecule has 4 unspecified atom stereocenters. The van der Waals surface area contributed by atoms with Crippen LogP contribution in [-0.2, 0) is 11.2 Å². The van der Waals surface area contributed by atoms with Gasteiger partial charge in [-0.05, 0) is 53.4 Å². The second-order valence-electron chi connectivity index (χ2n) is 7.74. The van der Waals surface area contributed by atoms with Gasteiger partial charge in [-0.15, -0.1) is 11.3 Å². The molecule has 1 aliphatic heterocycles. The monoisotopic (exact) mass is 538 g/mol. The van der Waals surface area contributed by atoms with Gasteiger partial charge in [0.1, 0.15) is 5.82 Å². The lowest BCUT2D eigenvalue weighted by molar-refractivity contribution is -0.105. The first-order valence-corrected chi connectivity index (χ1v) is 12.0. The highest BCUT2D eigenvalue weighted by atomic mass is 127. The number of ether oxygens (including phenoxy) is 1. The van der Waals surface area contributed by atoms with Crippen molar-refractivity contribution in [1.29, 1.82) is 0 Å². The highest BCUT2D eigenvalue weighted by Gasteiger charge is 2.37. The number of aliphatic hydroxyl groups excluding tert-OH is 2. The van der Waals surface area contributed by atoms with E-state index in [0.29, 0.717) is 6.42 Å². The van der Waals surface area contributed by atoms with Crippen LogP contribution in [-0.4, -0.2) is 33.0 Å². The van der Waals surface area contributed by atoms with Crippen LogP contribution in [0.15, 0.2) is 54.6 Å². The number of hydrogen-bond donors (Lipinski definition) is 2. The quantitative estimate of drug-likeness (QED) is 0.336. The summed E-state index contributed by atoms with van der Waals surface area (Å²) in [6, 6.07) is 17.1. The van der Waals surface area contributed by atoms with Crippen LogP contribution in [0.25, 0.3) is 10.4 Å². The van der Waals surface area contributed by atoms with Crippen LogP contribution in [0.2, 0.25) is 0 Å². The van der Waals surface area contributed by atoms with E-state index in [0.717, 1.165) is 22.4 Å². The maximum Gasteiger partial charge on any atom is 0.123 e. The summed E-state index contributed by atoms with van der Waals surface area (Å²) in [7, 11) is 0. The van der Waals surface area contributed by atoms with E-state index in [4.69, 9.17) is 4.74 Å². The Hall–Kier alpha value is -1.32. The van der Waals surface area contributed by atoms with Crippen molar-refractivity contribution in [3.8, 4) is 10.4 Å². The van der Waals surface area contributed by atoms with Crippen LogP contribution >= 0.6 is 33.9 Å². The Labute approximate surface area is 193 Å². The van der Waals surface area contributed by atoms with Gasteiger partial charge in [0.05, 0.1) is 28.8 Å². The van der Waals surface area contributed by atoms with Crippen molar-refractivity contribution in [2.24, 2.45) is 0 Å². The van der Waals surface area contributed by atoms with E-state index in [1.807, 2.05) is 0 Å². The Morgan fingerprint density at radius 1 is 1.13 bits per heavy atom. The van der Waals surface area contributed by atoms with E-state index in [-0.39, 0.29) is 28.6 Å². The maximum absolute atomic E-state index is 13.2. The topological polar surface area (TPSA) is 49.7 Å². The van der Waals surface area contributed by atoms with Crippen LogP contribution in [0.3, 0.4) is 0 Å². The number of hydrogen-bond acceptors (Lipinski definition) is 4. The van der Waals surface area contributed by atoms with Crippen LogP contribution in [0.4, 0.5) is 4.39 Å². The van der Waals surface area contributed by atoms with Gasteiger partial charge in [0.25, 0.3) is 0 Å². The van der Waals surface area contributed by atoms with Gasteiger partial charge in [-0.1, -0.05) is 52.9 Å². The lowest BCUT2D eigenvalue weighted by Crippen LogP contribution is -2.41. The van der Waals surface area contributed by atoms with Crippen molar-refractivity contribution < 1.29 is 19.3 Å². The highest BCUT2D eigenvalue weighted by molar-refractivity contribution is 14.1. The van der Waals surface area contributed by atoms with Gasteiger partial charge in [0.15, 0.2) is 0 Å². The molecule has 6 heteroatoms. The molecule has 4 atom stereocenters. The summed E-state index contributed by atoms with van der Waals surface area (Å²) in [5.41, 5.74) is 4.47. The zero-order valence-corrected chi connectivity index (χ0v) is 19.6. The molecular weight excluding hydrogens is 514 g/mol. The maximum atomic E-state index is 13.2. The third kappa shape index (κ3) is 4.78. The number of aryl methyl sites for hydroxylation is 1. The number of thiophene rings is 1. The summed E-state index contributed by atoms with van der Waals surface area (Å²) < 4.78 is 19.2. The van der Waals surface area contributed by atoms with E-state index in [1.165, 1.54) is 28.1 Å². The lowest BCUT2D eigenvalue weighted by atomic mass is 9.93. The standard InChI is InChI=1S/C24H24FIO3S/c1-14-2-3-16(24-23(26)21(28)12-19(13-27)29-24)10-17(14)11-20-8-9-22(30-20)15-4-6-18(25)7-5-15/h2-10,19,21,23-24,27-28H,11-13H2,1H3. The summed E-state index contributed by atoms with van der Waals surface area (Å²) in [5.74, 6) is -0.227. The molecule has 0 aliphatic carbocycles. The molecule has 30 heavy (non-hydrogen) atoms. The third-order valence-electron chi connectivity index (χ3n) is 5.56. The van der Waals surface area contributed by atoms with Crippen LogP contribution < -0.4 is 0 Å². The summed E-state index contributed by atoms with van der Waals surface area (Å²) >= 11 is 3.96. The molecule has 1 saturated heterocycles. The summed E-state index contributed by atoms with van der Waals surface area (Å²) in [4.78, 5) is 2.36. The number of alkyl halides is 1. The van der Waals surface area contributed by atoms with Crippen molar-refractivity contribution in [1.82, 2.24) is 0 Å². The van der Waals surface area contributed by atoms with E-state index < -0.39 is 6.10 Å². The Balaban J connectivity index is 1.56. The van der Waals surface area contributed by atoms with Crippen LogP contribution in [0.1, 0.15) is 34.1 Å². The lowest BCUT2D eigenvalue weighted by Gasteiger charge is -2.37. The molecule has 0 amide bonds. The zero-order valence-electron chi connectivity index (χ0n) is 16.6. The summed E-state index contributed by atoms with van der Waals surface area (Å²) in [5, 5.41) is 19.9. The molecule has 0 saturated carbocycles. The van der Waals surface area contributed by atoms with E-state index in [9.17, 15) is 14.6 Å².